The number of rotatable bonds is 5. The summed E-state index contributed by atoms with van der Waals surface area (Å²) in [4.78, 5) is 1.92. The number of benzene rings is 1. The maximum atomic E-state index is 13.2. The van der Waals surface area contributed by atoms with Gasteiger partial charge in [-0.25, -0.2) is 8.78 Å². The van der Waals surface area contributed by atoms with Gasteiger partial charge in [-0.3, -0.25) is 0 Å². The van der Waals surface area contributed by atoms with Gasteiger partial charge in [0.15, 0.2) is 0 Å². The van der Waals surface area contributed by atoms with Crippen LogP contribution in [0.5, 0.6) is 0 Å². The van der Waals surface area contributed by atoms with Gasteiger partial charge in [0.05, 0.1) is 0 Å². The lowest BCUT2D eigenvalue weighted by atomic mass is 10.2. The van der Waals surface area contributed by atoms with Crippen LogP contribution >= 0.6 is 11.6 Å². The maximum Gasteiger partial charge on any atom is 0.127 e. The Bertz CT molecular complexity index is 317. The fraction of sp³-hybridized carbons (Fsp3) is 0.455. The Morgan fingerprint density at radius 1 is 1.33 bits per heavy atom. The minimum Gasteiger partial charge on any atom is -0.302 e. The molecule has 84 valence electrons. The zero-order chi connectivity index (χ0) is 11.3. The van der Waals surface area contributed by atoms with Gasteiger partial charge >= 0.3 is 0 Å². The van der Waals surface area contributed by atoms with Crippen LogP contribution in [0.4, 0.5) is 8.78 Å². The average molecular weight is 234 g/mol. The van der Waals surface area contributed by atoms with E-state index in [0.29, 0.717) is 18.0 Å². The molecule has 0 amide bonds. The van der Waals surface area contributed by atoms with Gasteiger partial charge in [0.2, 0.25) is 0 Å². The SMILES string of the molecule is CN(CCCCl)Cc1cc(F)ccc1F. The van der Waals surface area contributed by atoms with Gasteiger partial charge in [0.1, 0.15) is 11.6 Å². The van der Waals surface area contributed by atoms with Crippen molar-refractivity contribution in [3.8, 4) is 0 Å². The summed E-state index contributed by atoms with van der Waals surface area (Å²) in [7, 11) is 1.86. The second kappa shape index (κ2) is 6.03. The third-order valence-corrected chi connectivity index (χ3v) is 2.39. The van der Waals surface area contributed by atoms with E-state index in [4.69, 9.17) is 11.6 Å². The van der Waals surface area contributed by atoms with Crippen LogP contribution < -0.4 is 0 Å². The Kier molecular flexibility index (Phi) is 4.99. The molecule has 1 rings (SSSR count). The van der Waals surface area contributed by atoms with Crippen LogP contribution in [0, 0.1) is 11.6 Å². The van der Waals surface area contributed by atoms with Crippen molar-refractivity contribution in [1.82, 2.24) is 4.90 Å². The lowest BCUT2D eigenvalue weighted by Gasteiger charge is -2.16. The van der Waals surface area contributed by atoms with Crippen LogP contribution in [0.3, 0.4) is 0 Å². The molecule has 0 aliphatic heterocycles. The van der Waals surface area contributed by atoms with Crippen LogP contribution in [0.1, 0.15) is 12.0 Å². The minimum absolute atomic E-state index is 0.367. The summed E-state index contributed by atoms with van der Waals surface area (Å²) in [5.74, 6) is -0.193. The largest absolute Gasteiger partial charge is 0.302 e. The first-order valence-electron chi connectivity index (χ1n) is 4.82. The van der Waals surface area contributed by atoms with Crippen molar-refractivity contribution in [1.29, 1.82) is 0 Å². The monoisotopic (exact) mass is 233 g/mol. The highest BCUT2D eigenvalue weighted by atomic mass is 35.5. The summed E-state index contributed by atoms with van der Waals surface area (Å²) in [6.45, 7) is 1.18. The van der Waals surface area contributed by atoms with Crippen molar-refractivity contribution >= 4 is 11.6 Å². The molecule has 0 fully saturated rings. The molecule has 1 nitrogen and oxygen atoms in total. The van der Waals surface area contributed by atoms with Crippen molar-refractivity contribution in [3.63, 3.8) is 0 Å². The third-order valence-electron chi connectivity index (χ3n) is 2.12. The van der Waals surface area contributed by atoms with E-state index in [1.165, 1.54) is 6.07 Å². The molecule has 1 aromatic carbocycles. The van der Waals surface area contributed by atoms with E-state index in [2.05, 4.69) is 0 Å². The smallest absolute Gasteiger partial charge is 0.127 e. The number of nitrogens with zero attached hydrogens (tertiary/aromatic N) is 1. The average Bonchev–Trinajstić information content (AvgIpc) is 2.20. The molecule has 4 heteroatoms. The van der Waals surface area contributed by atoms with Gasteiger partial charge in [0.25, 0.3) is 0 Å². The van der Waals surface area contributed by atoms with E-state index < -0.39 is 5.82 Å². The fourth-order valence-electron chi connectivity index (χ4n) is 1.36. The highest BCUT2D eigenvalue weighted by Crippen LogP contribution is 2.11. The fourth-order valence-corrected chi connectivity index (χ4v) is 1.48. The van der Waals surface area contributed by atoms with Crippen LogP contribution in [0.15, 0.2) is 18.2 Å². The van der Waals surface area contributed by atoms with Crippen LogP contribution in [0.25, 0.3) is 0 Å². The highest BCUT2D eigenvalue weighted by Gasteiger charge is 2.06. The Balaban J connectivity index is 2.59. The molecule has 0 atom stereocenters. The van der Waals surface area contributed by atoms with Gasteiger partial charge < -0.3 is 4.90 Å². The topological polar surface area (TPSA) is 3.24 Å². The van der Waals surface area contributed by atoms with E-state index in [-0.39, 0.29) is 5.82 Å². The van der Waals surface area contributed by atoms with Crippen molar-refractivity contribution in [2.24, 2.45) is 0 Å². The van der Waals surface area contributed by atoms with Gasteiger partial charge in [-0.05, 0) is 38.2 Å². The molecular formula is C11H14ClF2N. The first kappa shape index (κ1) is 12.4. The maximum absolute atomic E-state index is 13.2. The molecule has 0 spiro atoms. The first-order valence-corrected chi connectivity index (χ1v) is 5.35. The minimum atomic E-state index is -0.405. The van der Waals surface area contributed by atoms with Crippen LogP contribution in [0.2, 0.25) is 0 Å². The molecule has 0 aliphatic carbocycles. The van der Waals surface area contributed by atoms with E-state index in [0.717, 1.165) is 25.1 Å². The standard InChI is InChI=1S/C11H14ClF2N/c1-15(6-2-5-12)8-9-7-10(13)3-4-11(9)14/h3-4,7H,2,5-6,8H2,1H3. The number of hydrogen-bond acceptors (Lipinski definition) is 1. The quantitative estimate of drug-likeness (QED) is 0.707. The predicted octanol–water partition coefficient (Wildman–Crippen LogP) is 3.03. The second-order valence-electron chi connectivity index (χ2n) is 3.52. The van der Waals surface area contributed by atoms with Crippen molar-refractivity contribution in [2.45, 2.75) is 13.0 Å². The number of alkyl halides is 1. The van der Waals surface area contributed by atoms with Crippen molar-refractivity contribution < 1.29 is 8.78 Å². The van der Waals surface area contributed by atoms with Crippen LogP contribution in [-0.4, -0.2) is 24.4 Å². The van der Waals surface area contributed by atoms with E-state index in [9.17, 15) is 8.78 Å². The Morgan fingerprint density at radius 2 is 2.07 bits per heavy atom. The second-order valence-corrected chi connectivity index (χ2v) is 3.89. The summed E-state index contributed by atoms with van der Waals surface area (Å²) in [5, 5.41) is 0. The van der Waals surface area contributed by atoms with E-state index >= 15 is 0 Å². The predicted molar refractivity (Wildman–Crippen MR) is 58.0 cm³/mol. The Labute approximate surface area is 93.7 Å². The molecular weight excluding hydrogens is 220 g/mol. The molecule has 0 radical (unpaired) electrons. The Morgan fingerprint density at radius 3 is 2.73 bits per heavy atom. The van der Waals surface area contributed by atoms with Crippen molar-refractivity contribution in [2.75, 3.05) is 19.5 Å². The molecule has 1 aromatic rings. The molecule has 0 aliphatic rings. The molecule has 0 saturated heterocycles. The van der Waals surface area contributed by atoms with Gasteiger partial charge in [-0.15, -0.1) is 11.6 Å². The number of halogens is 3. The molecule has 0 heterocycles. The highest BCUT2D eigenvalue weighted by molar-refractivity contribution is 6.17. The molecule has 0 N–H and O–H groups in total. The zero-order valence-electron chi connectivity index (χ0n) is 8.64. The summed E-state index contributed by atoms with van der Waals surface area (Å²) < 4.78 is 26.1. The lowest BCUT2D eigenvalue weighted by molar-refractivity contribution is 0.322. The zero-order valence-corrected chi connectivity index (χ0v) is 9.40. The Hall–Kier alpha value is -0.670. The summed E-state index contributed by atoms with van der Waals surface area (Å²) in [5.41, 5.74) is 0.382. The van der Waals surface area contributed by atoms with E-state index in [1.54, 1.807) is 0 Å². The van der Waals surface area contributed by atoms with Gasteiger partial charge in [-0.2, -0.15) is 0 Å². The summed E-state index contributed by atoms with van der Waals surface area (Å²) in [6, 6.07) is 3.50. The normalized spacial score (nSPS) is 11.0. The molecule has 0 unspecified atom stereocenters. The first-order chi connectivity index (χ1) is 7.13. The summed E-state index contributed by atoms with van der Waals surface area (Å²) >= 11 is 5.54. The molecule has 0 bridgehead atoms. The third kappa shape index (κ3) is 4.14. The van der Waals surface area contributed by atoms with Crippen molar-refractivity contribution in [3.05, 3.63) is 35.4 Å². The van der Waals surface area contributed by atoms with Crippen LogP contribution in [-0.2, 0) is 6.54 Å². The molecule has 0 saturated carbocycles. The molecule has 15 heavy (non-hydrogen) atoms. The molecule has 0 aromatic heterocycles. The summed E-state index contributed by atoms with van der Waals surface area (Å²) in [6.07, 6.45) is 0.842. The van der Waals surface area contributed by atoms with Gasteiger partial charge in [-0.1, -0.05) is 0 Å². The number of hydrogen-bond donors (Lipinski definition) is 0. The van der Waals surface area contributed by atoms with Gasteiger partial charge in [0, 0.05) is 18.0 Å². The van der Waals surface area contributed by atoms with E-state index in [1.807, 2.05) is 11.9 Å². The lowest BCUT2D eigenvalue weighted by Crippen LogP contribution is -2.20.